The van der Waals surface area contributed by atoms with Gasteiger partial charge in [-0.25, -0.2) is 9.18 Å². The number of halogens is 2. The summed E-state index contributed by atoms with van der Waals surface area (Å²) in [5.41, 5.74) is -0.0731. The molecule has 0 aliphatic heterocycles. The minimum absolute atomic E-state index is 0.273. The molecular formula is C14H17BrFNO2. The van der Waals surface area contributed by atoms with E-state index in [1.54, 1.807) is 45.1 Å². The summed E-state index contributed by atoms with van der Waals surface area (Å²) in [5.74, 6) is -0.317. The van der Waals surface area contributed by atoms with E-state index in [4.69, 9.17) is 4.74 Å². The first-order valence-electron chi connectivity index (χ1n) is 5.87. The maximum atomic E-state index is 13.5. The summed E-state index contributed by atoms with van der Waals surface area (Å²) in [6.45, 7) is 5.65. The molecule has 0 saturated carbocycles. The molecule has 5 heteroatoms. The van der Waals surface area contributed by atoms with Crippen LogP contribution in [0, 0.1) is 5.82 Å². The first-order chi connectivity index (χ1) is 8.79. The number of carbonyl (C=O) groups is 1. The third-order valence-electron chi connectivity index (χ3n) is 2.05. The van der Waals surface area contributed by atoms with E-state index in [0.29, 0.717) is 10.0 Å². The zero-order valence-electron chi connectivity index (χ0n) is 11.2. The Labute approximate surface area is 121 Å². The molecule has 0 spiro atoms. The van der Waals surface area contributed by atoms with Gasteiger partial charge in [0.15, 0.2) is 0 Å². The lowest BCUT2D eigenvalue weighted by atomic mass is 10.2. The number of nitrogens with one attached hydrogen (secondary N) is 1. The Kier molecular flexibility index (Phi) is 5.54. The van der Waals surface area contributed by atoms with Crippen LogP contribution < -0.4 is 5.32 Å². The van der Waals surface area contributed by atoms with E-state index < -0.39 is 11.7 Å². The van der Waals surface area contributed by atoms with Gasteiger partial charge in [-0.2, -0.15) is 0 Å². The molecule has 0 aliphatic rings. The number of rotatable bonds is 3. The van der Waals surface area contributed by atoms with Gasteiger partial charge >= 0.3 is 6.09 Å². The van der Waals surface area contributed by atoms with Crippen molar-refractivity contribution in [2.75, 3.05) is 6.54 Å². The molecular weight excluding hydrogens is 313 g/mol. The molecule has 104 valence electrons. The fraction of sp³-hybridized carbons (Fsp3) is 0.357. The highest BCUT2D eigenvalue weighted by atomic mass is 79.9. The summed E-state index contributed by atoms with van der Waals surface area (Å²) < 4.78 is 19.2. The summed E-state index contributed by atoms with van der Waals surface area (Å²) in [7, 11) is 0. The van der Waals surface area contributed by atoms with Gasteiger partial charge in [-0.3, -0.25) is 0 Å². The van der Waals surface area contributed by atoms with Crippen molar-refractivity contribution in [3.63, 3.8) is 0 Å². The second-order valence-electron chi connectivity index (χ2n) is 4.92. The quantitative estimate of drug-likeness (QED) is 0.905. The van der Waals surface area contributed by atoms with Crippen molar-refractivity contribution >= 4 is 28.1 Å². The van der Waals surface area contributed by atoms with Crippen molar-refractivity contribution in [2.45, 2.75) is 26.4 Å². The highest BCUT2D eigenvalue weighted by molar-refractivity contribution is 9.10. The van der Waals surface area contributed by atoms with Crippen molar-refractivity contribution in [2.24, 2.45) is 0 Å². The number of hydrogen-bond acceptors (Lipinski definition) is 2. The molecule has 0 fully saturated rings. The Morgan fingerprint density at radius 1 is 1.47 bits per heavy atom. The number of benzene rings is 1. The van der Waals surface area contributed by atoms with E-state index in [-0.39, 0.29) is 12.4 Å². The summed E-state index contributed by atoms with van der Waals surface area (Å²) in [4.78, 5) is 11.4. The average molecular weight is 330 g/mol. The molecule has 19 heavy (non-hydrogen) atoms. The molecule has 1 N–H and O–H groups in total. The molecule has 1 aromatic carbocycles. The summed E-state index contributed by atoms with van der Waals surface area (Å²) >= 11 is 3.26. The maximum Gasteiger partial charge on any atom is 0.407 e. The van der Waals surface area contributed by atoms with Crippen molar-refractivity contribution < 1.29 is 13.9 Å². The molecule has 0 radical (unpaired) electrons. The molecule has 0 aliphatic carbocycles. The Balaban J connectivity index is 2.49. The van der Waals surface area contributed by atoms with E-state index in [0.717, 1.165) is 0 Å². The SMILES string of the molecule is CC(C)(C)OC(=O)NCC=Cc1c(F)cccc1Br. The number of carbonyl (C=O) groups excluding carboxylic acids is 1. The fourth-order valence-electron chi connectivity index (χ4n) is 1.30. The lowest BCUT2D eigenvalue weighted by Gasteiger charge is -2.19. The van der Waals surface area contributed by atoms with Gasteiger partial charge in [0.1, 0.15) is 11.4 Å². The van der Waals surface area contributed by atoms with Gasteiger partial charge < -0.3 is 10.1 Å². The maximum absolute atomic E-state index is 13.5. The van der Waals surface area contributed by atoms with Crippen LogP contribution in [0.1, 0.15) is 26.3 Å². The molecule has 1 amide bonds. The normalized spacial score (nSPS) is 11.6. The van der Waals surface area contributed by atoms with E-state index in [2.05, 4.69) is 21.2 Å². The monoisotopic (exact) mass is 329 g/mol. The zero-order valence-corrected chi connectivity index (χ0v) is 12.8. The lowest BCUT2D eigenvalue weighted by Crippen LogP contribution is -2.32. The van der Waals surface area contributed by atoms with Gasteiger partial charge in [-0.05, 0) is 32.9 Å². The van der Waals surface area contributed by atoms with Crippen LogP contribution in [-0.4, -0.2) is 18.2 Å². The summed E-state index contributed by atoms with van der Waals surface area (Å²) in [6.07, 6.45) is 2.77. The van der Waals surface area contributed by atoms with Crippen molar-refractivity contribution in [3.8, 4) is 0 Å². The predicted octanol–water partition coefficient (Wildman–Crippen LogP) is 4.13. The third-order valence-corrected chi connectivity index (χ3v) is 2.74. The highest BCUT2D eigenvalue weighted by Gasteiger charge is 2.15. The molecule has 1 aromatic rings. The second kappa shape index (κ2) is 6.70. The molecule has 0 aromatic heterocycles. The predicted molar refractivity (Wildman–Crippen MR) is 77.4 cm³/mol. The van der Waals surface area contributed by atoms with Crippen LogP contribution in [0.25, 0.3) is 6.08 Å². The largest absolute Gasteiger partial charge is 0.444 e. The smallest absolute Gasteiger partial charge is 0.407 e. The van der Waals surface area contributed by atoms with E-state index in [1.165, 1.54) is 6.07 Å². The van der Waals surface area contributed by atoms with Crippen LogP contribution in [-0.2, 0) is 4.74 Å². The van der Waals surface area contributed by atoms with Gasteiger partial charge in [0.2, 0.25) is 0 Å². The standard InChI is InChI=1S/C14H17BrFNO2/c1-14(2,3)19-13(18)17-9-5-6-10-11(15)7-4-8-12(10)16/h4-8H,9H2,1-3H3,(H,17,18). The van der Waals surface area contributed by atoms with Crippen LogP contribution in [0.15, 0.2) is 28.7 Å². The molecule has 1 rings (SSSR count). The fourth-order valence-corrected chi connectivity index (χ4v) is 1.78. The first kappa shape index (κ1) is 15.7. The van der Waals surface area contributed by atoms with Crippen molar-refractivity contribution in [1.29, 1.82) is 0 Å². The minimum atomic E-state index is -0.525. The number of alkyl carbamates (subject to hydrolysis) is 1. The van der Waals surface area contributed by atoms with Crippen LogP contribution >= 0.6 is 15.9 Å². The molecule has 0 saturated heterocycles. The first-order valence-corrected chi connectivity index (χ1v) is 6.66. The van der Waals surface area contributed by atoms with Gasteiger partial charge in [0.05, 0.1) is 0 Å². The van der Waals surface area contributed by atoms with Crippen LogP contribution in [0.5, 0.6) is 0 Å². The summed E-state index contributed by atoms with van der Waals surface area (Å²) in [6, 6.07) is 4.76. The topological polar surface area (TPSA) is 38.3 Å². The number of hydrogen-bond donors (Lipinski definition) is 1. The van der Waals surface area contributed by atoms with Gasteiger partial charge in [-0.15, -0.1) is 0 Å². The summed E-state index contributed by atoms with van der Waals surface area (Å²) in [5, 5.41) is 2.56. The molecule has 3 nitrogen and oxygen atoms in total. The van der Waals surface area contributed by atoms with Crippen molar-refractivity contribution in [1.82, 2.24) is 5.32 Å². The van der Waals surface area contributed by atoms with Gasteiger partial charge in [0, 0.05) is 16.6 Å². The molecule has 0 unspecified atom stereocenters. The Morgan fingerprint density at radius 2 is 2.16 bits per heavy atom. The van der Waals surface area contributed by atoms with E-state index in [1.807, 2.05) is 0 Å². The average Bonchev–Trinajstić information content (AvgIpc) is 2.25. The molecule has 0 heterocycles. The number of ether oxygens (including phenoxy) is 1. The highest BCUT2D eigenvalue weighted by Crippen LogP contribution is 2.20. The number of amides is 1. The Morgan fingerprint density at radius 3 is 2.74 bits per heavy atom. The van der Waals surface area contributed by atoms with Crippen LogP contribution in [0.3, 0.4) is 0 Å². The van der Waals surface area contributed by atoms with Gasteiger partial charge in [0.25, 0.3) is 0 Å². The van der Waals surface area contributed by atoms with Crippen LogP contribution in [0.2, 0.25) is 0 Å². The third kappa shape index (κ3) is 5.87. The van der Waals surface area contributed by atoms with Gasteiger partial charge in [-0.1, -0.05) is 34.1 Å². The Bertz CT molecular complexity index is 461. The second-order valence-corrected chi connectivity index (χ2v) is 5.77. The lowest BCUT2D eigenvalue weighted by molar-refractivity contribution is 0.0534. The van der Waals surface area contributed by atoms with E-state index in [9.17, 15) is 9.18 Å². The van der Waals surface area contributed by atoms with Crippen molar-refractivity contribution in [3.05, 3.63) is 40.1 Å². The van der Waals surface area contributed by atoms with Crippen LogP contribution in [0.4, 0.5) is 9.18 Å². The minimum Gasteiger partial charge on any atom is -0.444 e. The molecule has 0 atom stereocenters. The molecule has 0 bridgehead atoms. The Hall–Kier alpha value is -1.36. The zero-order chi connectivity index (χ0) is 14.5. The van der Waals surface area contributed by atoms with E-state index >= 15 is 0 Å².